The van der Waals surface area contributed by atoms with Gasteiger partial charge in [0.05, 0.1) is 19.0 Å². The van der Waals surface area contributed by atoms with Crippen LogP contribution in [-0.4, -0.2) is 37.0 Å². The number of alkyl halides is 3. The summed E-state index contributed by atoms with van der Waals surface area (Å²) in [6.45, 7) is 0. The molecule has 0 atom stereocenters. The van der Waals surface area contributed by atoms with Gasteiger partial charge in [-0.3, -0.25) is 5.43 Å². The molecule has 36 heavy (non-hydrogen) atoms. The molecule has 8 nitrogen and oxygen atoms in total. The molecule has 0 unspecified atom stereocenters. The number of nitrogens with two attached hydrogens (primary N) is 1. The number of thiocarbonyl (C=S) groups is 1. The van der Waals surface area contributed by atoms with Crippen LogP contribution in [0.3, 0.4) is 0 Å². The summed E-state index contributed by atoms with van der Waals surface area (Å²) < 4.78 is 45.5. The van der Waals surface area contributed by atoms with Crippen LogP contribution in [0.2, 0.25) is 0 Å². The minimum Gasteiger partial charge on any atom is -0.497 e. The van der Waals surface area contributed by atoms with E-state index in [2.05, 4.69) is 30.6 Å². The zero-order valence-electron chi connectivity index (χ0n) is 18.9. The molecule has 12 heteroatoms. The van der Waals surface area contributed by atoms with E-state index < -0.39 is 6.36 Å². The van der Waals surface area contributed by atoms with Gasteiger partial charge in [0.1, 0.15) is 23.7 Å². The number of nitrogens with zero attached hydrogens (tertiary/aromatic N) is 3. The Labute approximate surface area is 210 Å². The SMILES string of the molecule is COc1ccc(NC(=S)N/N=C\c2ccc(C(N)=NC=Nc3ccc(OC(F)(F)F)cc3)cc2)cc1. The van der Waals surface area contributed by atoms with Crippen molar-refractivity contribution in [1.82, 2.24) is 5.43 Å². The van der Waals surface area contributed by atoms with E-state index in [1.807, 2.05) is 24.3 Å². The fourth-order valence-corrected chi connectivity index (χ4v) is 2.88. The van der Waals surface area contributed by atoms with Gasteiger partial charge in [0.25, 0.3) is 0 Å². The molecule has 0 bridgehead atoms. The second-order valence-corrected chi connectivity index (χ2v) is 7.38. The average Bonchev–Trinajstić information content (AvgIpc) is 2.85. The molecule has 0 radical (unpaired) electrons. The smallest absolute Gasteiger partial charge is 0.497 e. The summed E-state index contributed by atoms with van der Waals surface area (Å²) in [4.78, 5) is 8.09. The molecule has 0 aliphatic rings. The summed E-state index contributed by atoms with van der Waals surface area (Å²) in [5.41, 5.74) is 11.3. The second-order valence-electron chi connectivity index (χ2n) is 6.98. The largest absolute Gasteiger partial charge is 0.573 e. The first-order valence-corrected chi connectivity index (χ1v) is 10.7. The average molecular weight is 515 g/mol. The highest BCUT2D eigenvalue weighted by atomic mass is 32.1. The fourth-order valence-electron chi connectivity index (χ4n) is 2.70. The molecule has 0 fully saturated rings. The van der Waals surface area contributed by atoms with Crippen molar-refractivity contribution < 1.29 is 22.6 Å². The Kier molecular flexibility index (Phi) is 8.95. The predicted molar refractivity (Wildman–Crippen MR) is 138 cm³/mol. The maximum Gasteiger partial charge on any atom is 0.573 e. The van der Waals surface area contributed by atoms with Crippen LogP contribution < -0.4 is 25.9 Å². The van der Waals surface area contributed by atoms with Crippen molar-refractivity contribution in [2.24, 2.45) is 20.8 Å². The molecular formula is C24H21F3N6O2S. The molecule has 4 N–H and O–H groups in total. The Bertz CT molecular complexity index is 1240. The van der Waals surface area contributed by atoms with E-state index in [9.17, 15) is 13.2 Å². The molecule has 0 aliphatic heterocycles. The third kappa shape index (κ3) is 8.72. The number of methoxy groups -OCH3 is 1. The third-order valence-corrected chi connectivity index (χ3v) is 4.60. The van der Waals surface area contributed by atoms with Crippen LogP contribution in [0.25, 0.3) is 0 Å². The van der Waals surface area contributed by atoms with Crippen molar-refractivity contribution in [3.05, 3.63) is 83.9 Å². The van der Waals surface area contributed by atoms with E-state index in [1.165, 1.54) is 18.5 Å². The molecule has 0 saturated carbocycles. The first-order valence-electron chi connectivity index (χ1n) is 10.3. The number of hydrogen-bond acceptors (Lipinski definition) is 5. The van der Waals surface area contributed by atoms with Crippen molar-refractivity contribution in [2.45, 2.75) is 6.36 Å². The predicted octanol–water partition coefficient (Wildman–Crippen LogP) is 4.98. The number of halogens is 3. The van der Waals surface area contributed by atoms with Crippen molar-refractivity contribution in [3.8, 4) is 11.5 Å². The summed E-state index contributed by atoms with van der Waals surface area (Å²) in [5, 5.41) is 7.42. The molecule has 0 aromatic heterocycles. The Hall–Kier alpha value is -4.45. The number of ether oxygens (including phenoxy) is 2. The van der Waals surface area contributed by atoms with Gasteiger partial charge >= 0.3 is 6.36 Å². The number of aliphatic imine (C=N–C) groups is 2. The molecule has 3 aromatic carbocycles. The van der Waals surface area contributed by atoms with Crippen LogP contribution in [0.1, 0.15) is 11.1 Å². The molecular weight excluding hydrogens is 493 g/mol. The van der Waals surface area contributed by atoms with Crippen LogP contribution in [0.15, 0.2) is 87.9 Å². The van der Waals surface area contributed by atoms with Gasteiger partial charge in [-0.1, -0.05) is 24.3 Å². The van der Waals surface area contributed by atoms with Crippen LogP contribution in [-0.2, 0) is 0 Å². The highest BCUT2D eigenvalue weighted by Gasteiger charge is 2.30. The van der Waals surface area contributed by atoms with E-state index in [0.717, 1.165) is 29.1 Å². The Morgan fingerprint density at radius 3 is 2.19 bits per heavy atom. The van der Waals surface area contributed by atoms with E-state index in [4.69, 9.17) is 22.7 Å². The summed E-state index contributed by atoms with van der Waals surface area (Å²) in [5.74, 6) is 0.618. The minimum atomic E-state index is -4.75. The van der Waals surface area contributed by atoms with Crippen molar-refractivity contribution in [3.63, 3.8) is 0 Å². The van der Waals surface area contributed by atoms with Crippen LogP contribution in [0.5, 0.6) is 11.5 Å². The number of benzene rings is 3. The second kappa shape index (κ2) is 12.3. The topological polar surface area (TPSA) is 106 Å². The van der Waals surface area contributed by atoms with E-state index in [1.54, 1.807) is 37.6 Å². The van der Waals surface area contributed by atoms with E-state index >= 15 is 0 Å². The Balaban J connectivity index is 1.50. The fraction of sp³-hybridized carbons (Fsp3) is 0.0833. The number of hydrazone groups is 1. The van der Waals surface area contributed by atoms with Crippen LogP contribution in [0.4, 0.5) is 24.5 Å². The molecule has 3 aromatic rings. The number of nitrogens with one attached hydrogen (secondary N) is 2. The monoisotopic (exact) mass is 514 g/mol. The number of hydrogen-bond donors (Lipinski definition) is 3. The first kappa shape index (κ1) is 26.2. The van der Waals surface area contributed by atoms with Crippen molar-refractivity contribution in [1.29, 1.82) is 0 Å². The van der Waals surface area contributed by atoms with Crippen molar-refractivity contribution in [2.75, 3.05) is 12.4 Å². The number of rotatable bonds is 8. The zero-order valence-corrected chi connectivity index (χ0v) is 19.7. The van der Waals surface area contributed by atoms with Crippen molar-refractivity contribution >= 4 is 47.1 Å². The molecule has 3 rings (SSSR count). The maximum atomic E-state index is 12.2. The lowest BCUT2D eigenvalue weighted by Crippen LogP contribution is -2.23. The van der Waals surface area contributed by atoms with Gasteiger partial charge in [-0.05, 0) is 66.3 Å². The highest BCUT2D eigenvalue weighted by molar-refractivity contribution is 7.80. The van der Waals surface area contributed by atoms with Gasteiger partial charge in [0.2, 0.25) is 0 Å². The third-order valence-electron chi connectivity index (χ3n) is 4.41. The van der Waals surface area contributed by atoms with Gasteiger partial charge in [0, 0.05) is 11.3 Å². The normalized spacial score (nSPS) is 12.1. The van der Waals surface area contributed by atoms with Gasteiger partial charge in [-0.15, -0.1) is 13.2 Å². The summed E-state index contributed by atoms with van der Waals surface area (Å²) in [6.07, 6.45) is -1.94. The van der Waals surface area contributed by atoms with E-state index in [-0.39, 0.29) is 11.6 Å². The Morgan fingerprint density at radius 2 is 1.58 bits per heavy atom. The standard InChI is InChI=1S/C24H21F3N6O2S/c1-34-20-10-8-19(9-11-20)32-23(36)33-31-14-16-2-4-17(5-3-16)22(28)30-15-29-18-6-12-21(13-7-18)35-24(25,26)27/h2-15H,1H3,(H2,28,29,30)(H2,32,33,36)/b31-14-. The molecule has 186 valence electrons. The first-order chi connectivity index (χ1) is 17.2. The maximum absolute atomic E-state index is 12.2. The molecule has 0 amide bonds. The van der Waals surface area contributed by atoms with E-state index in [0.29, 0.717) is 16.4 Å². The Morgan fingerprint density at radius 1 is 0.944 bits per heavy atom. The minimum absolute atomic E-state index is 0.210. The quantitative estimate of drug-likeness (QED) is 0.170. The summed E-state index contributed by atoms with van der Waals surface area (Å²) >= 11 is 5.21. The summed E-state index contributed by atoms with van der Waals surface area (Å²) in [7, 11) is 1.59. The number of anilines is 1. The number of amidine groups is 1. The lowest BCUT2D eigenvalue weighted by molar-refractivity contribution is -0.274. The molecule has 0 aliphatic carbocycles. The van der Waals surface area contributed by atoms with Crippen LogP contribution >= 0.6 is 12.2 Å². The van der Waals surface area contributed by atoms with Crippen LogP contribution in [0, 0.1) is 0 Å². The lowest BCUT2D eigenvalue weighted by Gasteiger charge is -2.08. The highest BCUT2D eigenvalue weighted by Crippen LogP contribution is 2.24. The molecule has 0 spiro atoms. The zero-order chi connectivity index (χ0) is 26.0. The van der Waals surface area contributed by atoms with Gasteiger partial charge in [-0.25, -0.2) is 9.98 Å². The van der Waals surface area contributed by atoms with Gasteiger partial charge in [-0.2, -0.15) is 5.10 Å². The van der Waals surface area contributed by atoms with Gasteiger partial charge < -0.3 is 20.5 Å². The lowest BCUT2D eigenvalue weighted by atomic mass is 10.1. The van der Waals surface area contributed by atoms with Gasteiger partial charge in [0.15, 0.2) is 5.11 Å². The molecule has 0 saturated heterocycles. The summed E-state index contributed by atoms with van der Waals surface area (Å²) in [6, 6.07) is 19.4. The molecule has 0 heterocycles.